The number of nitrogens with zero attached hydrogens (tertiary/aromatic N) is 1. The summed E-state index contributed by atoms with van der Waals surface area (Å²) < 4.78 is 69.0. The van der Waals surface area contributed by atoms with E-state index in [0.717, 1.165) is 24.3 Å². The van der Waals surface area contributed by atoms with Gasteiger partial charge in [0.2, 0.25) is 0 Å². The zero-order valence-electron chi connectivity index (χ0n) is 10.2. The summed E-state index contributed by atoms with van der Waals surface area (Å²) in [5, 5.41) is 8.65. The number of hydrogen-bond donors (Lipinski definition) is 0. The third-order valence-corrected chi connectivity index (χ3v) is 2.54. The molecular formula is C14H6F5NO. The summed E-state index contributed by atoms with van der Waals surface area (Å²) in [4.78, 5) is 0. The van der Waals surface area contributed by atoms with Crippen LogP contribution < -0.4 is 4.74 Å². The Labute approximate surface area is 116 Å². The van der Waals surface area contributed by atoms with Gasteiger partial charge < -0.3 is 4.74 Å². The Bertz CT molecular complexity index is 718. The van der Waals surface area contributed by atoms with Crippen LogP contribution in [0, 0.1) is 23.0 Å². The second kappa shape index (κ2) is 5.40. The predicted octanol–water partition coefficient (Wildman–Crippen LogP) is 4.65. The van der Waals surface area contributed by atoms with E-state index in [1.165, 1.54) is 6.07 Å². The third kappa shape index (κ3) is 3.28. The molecule has 0 fully saturated rings. The van der Waals surface area contributed by atoms with E-state index in [9.17, 15) is 22.0 Å². The molecule has 2 aromatic carbocycles. The molecule has 0 unspecified atom stereocenters. The maximum Gasteiger partial charge on any atom is 0.417 e. The van der Waals surface area contributed by atoms with Gasteiger partial charge in [-0.2, -0.15) is 18.4 Å². The Hall–Kier alpha value is -2.62. The second-order valence-electron chi connectivity index (χ2n) is 3.99. The highest BCUT2D eigenvalue weighted by Gasteiger charge is 2.34. The Morgan fingerprint density at radius 3 is 2.10 bits per heavy atom. The largest absolute Gasteiger partial charge is 0.457 e. The van der Waals surface area contributed by atoms with Gasteiger partial charge in [0, 0.05) is 6.07 Å². The van der Waals surface area contributed by atoms with E-state index in [2.05, 4.69) is 0 Å². The molecule has 7 heteroatoms. The standard InChI is InChI=1S/C14H6F5NO/c15-12-4-3-10(6-13(12)16)21-9-2-1-8(7-20)11(5-9)14(17,18)19/h1-6H. The minimum absolute atomic E-state index is 0.160. The lowest BCUT2D eigenvalue weighted by molar-refractivity contribution is -0.137. The van der Waals surface area contributed by atoms with Gasteiger partial charge >= 0.3 is 6.18 Å². The van der Waals surface area contributed by atoms with E-state index < -0.39 is 28.9 Å². The fourth-order valence-corrected chi connectivity index (χ4v) is 1.60. The van der Waals surface area contributed by atoms with Gasteiger partial charge in [-0.05, 0) is 30.3 Å². The molecule has 108 valence electrons. The van der Waals surface area contributed by atoms with Crippen LogP contribution in [-0.4, -0.2) is 0 Å². The van der Waals surface area contributed by atoms with Gasteiger partial charge in [-0.15, -0.1) is 0 Å². The van der Waals surface area contributed by atoms with Gasteiger partial charge in [0.1, 0.15) is 11.5 Å². The van der Waals surface area contributed by atoms with Crippen LogP contribution in [-0.2, 0) is 6.18 Å². The van der Waals surface area contributed by atoms with Crippen LogP contribution in [0.1, 0.15) is 11.1 Å². The molecule has 0 aliphatic rings. The molecule has 0 radical (unpaired) electrons. The molecule has 21 heavy (non-hydrogen) atoms. The van der Waals surface area contributed by atoms with Gasteiger partial charge in [-0.25, -0.2) is 8.78 Å². The normalized spacial score (nSPS) is 11.0. The van der Waals surface area contributed by atoms with E-state index in [0.29, 0.717) is 12.1 Å². The summed E-state index contributed by atoms with van der Waals surface area (Å²) in [5.41, 5.74) is -1.72. The number of halogens is 5. The van der Waals surface area contributed by atoms with Crippen LogP contribution in [0.4, 0.5) is 22.0 Å². The number of hydrogen-bond acceptors (Lipinski definition) is 2. The molecule has 0 heterocycles. The van der Waals surface area contributed by atoms with Gasteiger partial charge in [-0.1, -0.05) is 0 Å². The molecule has 0 N–H and O–H groups in total. The summed E-state index contributed by atoms with van der Waals surface area (Å²) in [6.07, 6.45) is -4.72. The minimum Gasteiger partial charge on any atom is -0.457 e. The molecule has 0 aliphatic heterocycles. The van der Waals surface area contributed by atoms with Crippen LogP contribution in [0.3, 0.4) is 0 Å². The highest BCUT2D eigenvalue weighted by atomic mass is 19.4. The van der Waals surface area contributed by atoms with E-state index in [1.54, 1.807) is 0 Å². The average molecular weight is 299 g/mol. The lowest BCUT2D eigenvalue weighted by atomic mass is 10.1. The molecular weight excluding hydrogens is 293 g/mol. The molecule has 0 saturated heterocycles. The molecule has 2 aromatic rings. The first kappa shape index (κ1) is 14.8. The Kier molecular flexibility index (Phi) is 3.80. The number of rotatable bonds is 2. The topological polar surface area (TPSA) is 33.0 Å². The molecule has 0 atom stereocenters. The molecule has 0 aromatic heterocycles. The van der Waals surface area contributed by atoms with E-state index in [4.69, 9.17) is 10.00 Å². The van der Waals surface area contributed by atoms with Gasteiger partial charge in [0.15, 0.2) is 11.6 Å². The van der Waals surface area contributed by atoms with Crippen LogP contribution >= 0.6 is 0 Å². The first-order chi connectivity index (χ1) is 9.81. The summed E-state index contributed by atoms with van der Waals surface area (Å²) in [5.74, 6) is -2.69. The summed E-state index contributed by atoms with van der Waals surface area (Å²) >= 11 is 0. The number of nitriles is 1. The van der Waals surface area contributed by atoms with Crippen LogP contribution in [0.25, 0.3) is 0 Å². The molecule has 2 nitrogen and oxygen atoms in total. The second-order valence-corrected chi connectivity index (χ2v) is 3.99. The highest BCUT2D eigenvalue weighted by molar-refractivity contribution is 5.45. The Morgan fingerprint density at radius 1 is 0.905 bits per heavy atom. The number of benzene rings is 2. The molecule has 0 spiro atoms. The van der Waals surface area contributed by atoms with Crippen LogP contribution in [0.15, 0.2) is 36.4 Å². The average Bonchev–Trinajstić information content (AvgIpc) is 2.42. The first-order valence-corrected chi connectivity index (χ1v) is 5.55. The van der Waals surface area contributed by atoms with E-state index >= 15 is 0 Å². The summed E-state index contributed by atoms with van der Waals surface area (Å²) in [7, 11) is 0. The monoisotopic (exact) mass is 299 g/mol. The van der Waals surface area contributed by atoms with Crippen molar-refractivity contribution in [3.8, 4) is 17.6 Å². The number of ether oxygens (including phenoxy) is 1. The zero-order chi connectivity index (χ0) is 15.6. The van der Waals surface area contributed by atoms with Crippen molar-refractivity contribution in [2.24, 2.45) is 0 Å². The van der Waals surface area contributed by atoms with Gasteiger partial charge in [-0.3, -0.25) is 0 Å². The maximum absolute atomic E-state index is 13.0. The van der Waals surface area contributed by atoms with Crippen molar-refractivity contribution >= 4 is 0 Å². The SMILES string of the molecule is N#Cc1ccc(Oc2ccc(F)c(F)c2)cc1C(F)(F)F. The summed E-state index contributed by atoms with van der Waals surface area (Å²) in [6.45, 7) is 0. The zero-order valence-corrected chi connectivity index (χ0v) is 10.2. The van der Waals surface area contributed by atoms with Gasteiger partial charge in [0.25, 0.3) is 0 Å². The van der Waals surface area contributed by atoms with Crippen LogP contribution in [0.2, 0.25) is 0 Å². The third-order valence-electron chi connectivity index (χ3n) is 2.54. The molecule has 0 bridgehead atoms. The maximum atomic E-state index is 13.0. The van der Waals surface area contributed by atoms with E-state index in [1.807, 2.05) is 0 Å². The molecule has 0 aliphatic carbocycles. The first-order valence-electron chi connectivity index (χ1n) is 5.55. The van der Waals surface area contributed by atoms with Crippen molar-refractivity contribution in [1.29, 1.82) is 5.26 Å². The smallest absolute Gasteiger partial charge is 0.417 e. The highest BCUT2D eigenvalue weighted by Crippen LogP contribution is 2.35. The lowest BCUT2D eigenvalue weighted by Crippen LogP contribution is -2.07. The fraction of sp³-hybridized carbons (Fsp3) is 0.0714. The van der Waals surface area contributed by atoms with E-state index in [-0.39, 0.29) is 11.5 Å². The Balaban J connectivity index is 2.37. The van der Waals surface area contributed by atoms with Crippen molar-refractivity contribution in [3.05, 3.63) is 59.2 Å². The van der Waals surface area contributed by atoms with Crippen LogP contribution in [0.5, 0.6) is 11.5 Å². The van der Waals surface area contributed by atoms with Crippen molar-refractivity contribution in [3.63, 3.8) is 0 Å². The lowest BCUT2D eigenvalue weighted by Gasteiger charge is -2.11. The van der Waals surface area contributed by atoms with Crippen molar-refractivity contribution in [2.75, 3.05) is 0 Å². The van der Waals surface area contributed by atoms with Crippen molar-refractivity contribution in [2.45, 2.75) is 6.18 Å². The summed E-state index contributed by atoms with van der Waals surface area (Å²) in [6, 6.07) is 6.70. The molecule has 0 saturated carbocycles. The number of alkyl halides is 3. The van der Waals surface area contributed by atoms with Crippen molar-refractivity contribution in [1.82, 2.24) is 0 Å². The van der Waals surface area contributed by atoms with Crippen molar-refractivity contribution < 1.29 is 26.7 Å². The molecule has 2 rings (SSSR count). The predicted molar refractivity (Wildman–Crippen MR) is 62.6 cm³/mol. The minimum atomic E-state index is -4.72. The Morgan fingerprint density at radius 2 is 1.52 bits per heavy atom. The quantitative estimate of drug-likeness (QED) is 0.756. The van der Waals surface area contributed by atoms with Gasteiger partial charge in [0.05, 0.1) is 17.2 Å². The fourth-order valence-electron chi connectivity index (χ4n) is 1.60. The molecule has 0 amide bonds.